The van der Waals surface area contributed by atoms with Crippen LogP contribution in [0.1, 0.15) is 37.4 Å². The molecule has 1 rings (SSSR count). The molecule has 1 heterocycles. The van der Waals surface area contributed by atoms with E-state index in [4.69, 9.17) is 0 Å². The van der Waals surface area contributed by atoms with E-state index in [9.17, 15) is 14.7 Å². The van der Waals surface area contributed by atoms with Crippen LogP contribution in [-0.4, -0.2) is 39.6 Å². The number of aromatic nitrogens is 1. The van der Waals surface area contributed by atoms with Gasteiger partial charge in [0.25, 0.3) is 0 Å². The van der Waals surface area contributed by atoms with Crippen molar-refractivity contribution in [3.8, 4) is 0 Å². The van der Waals surface area contributed by atoms with Crippen molar-refractivity contribution in [3.63, 3.8) is 0 Å². The van der Waals surface area contributed by atoms with Gasteiger partial charge in [0.05, 0.1) is 17.2 Å². The standard InChI is InChI=1S/C13H21N3O3S/c1-5-13(6-2,11(17)18)15-12(19)16(4)7-10-8-20-9(3)14-10/h8H,5-7H2,1-4H3,(H,15,19)(H,17,18). The van der Waals surface area contributed by atoms with Gasteiger partial charge in [-0.3, -0.25) is 0 Å². The Morgan fingerprint density at radius 2 is 2.05 bits per heavy atom. The summed E-state index contributed by atoms with van der Waals surface area (Å²) in [5, 5.41) is 14.8. The van der Waals surface area contributed by atoms with Crippen LogP contribution in [0.25, 0.3) is 0 Å². The first-order valence-electron chi connectivity index (χ1n) is 6.52. The number of thiazole rings is 1. The summed E-state index contributed by atoms with van der Waals surface area (Å²) in [6, 6.07) is -0.401. The second kappa shape index (κ2) is 6.69. The predicted molar refractivity (Wildman–Crippen MR) is 77.8 cm³/mol. The molecule has 2 amide bonds. The molecular weight excluding hydrogens is 278 g/mol. The van der Waals surface area contributed by atoms with Gasteiger partial charge in [0.1, 0.15) is 5.54 Å². The van der Waals surface area contributed by atoms with E-state index in [0.29, 0.717) is 19.4 Å². The summed E-state index contributed by atoms with van der Waals surface area (Å²) in [7, 11) is 1.63. The highest BCUT2D eigenvalue weighted by Crippen LogP contribution is 2.16. The number of hydrogen-bond acceptors (Lipinski definition) is 4. The average molecular weight is 299 g/mol. The van der Waals surface area contributed by atoms with E-state index >= 15 is 0 Å². The van der Waals surface area contributed by atoms with Crippen LogP contribution in [0.5, 0.6) is 0 Å². The zero-order valence-corrected chi connectivity index (χ0v) is 13.1. The Kier molecular flexibility index (Phi) is 5.50. The first-order valence-corrected chi connectivity index (χ1v) is 7.40. The first kappa shape index (κ1) is 16.4. The van der Waals surface area contributed by atoms with Gasteiger partial charge >= 0.3 is 12.0 Å². The molecule has 0 aliphatic rings. The first-order chi connectivity index (χ1) is 9.34. The van der Waals surface area contributed by atoms with E-state index in [-0.39, 0.29) is 0 Å². The highest BCUT2D eigenvalue weighted by atomic mass is 32.1. The lowest BCUT2D eigenvalue weighted by molar-refractivity contribution is -0.144. The number of nitrogens with one attached hydrogen (secondary N) is 1. The van der Waals surface area contributed by atoms with Crippen LogP contribution >= 0.6 is 11.3 Å². The number of carboxylic acids is 1. The molecule has 112 valence electrons. The van der Waals surface area contributed by atoms with Crippen LogP contribution in [0, 0.1) is 6.92 Å². The maximum absolute atomic E-state index is 12.1. The molecule has 0 radical (unpaired) electrons. The van der Waals surface area contributed by atoms with E-state index in [1.54, 1.807) is 20.9 Å². The number of carbonyl (C=O) groups excluding carboxylic acids is 1. The number of aliphatic carboxylic acids is 1. The minimum absolute atomic E-state index is 0.341. The molecule has 0 aliphatic carbocycles. The molecule has 0 bridgehead atoms. The molecule has 2 N–H and O–H groups in total. The van der Waals surface area contributed by atoms with Gasteiger partial charge in [0.2, 0.25) is 0 Å². The minimum Gasteiger partial charge on any atom is -0.480 e. The second-order valence-corrected chi connectivity index (χ2v) is 5.80. The minimum atomic E-state index is -1.21. The Morgan fingerprint density at radius 1 is 1.45 bits per heavy atom. The molecule has 0 aliphatic heterocycles. The number of aryl methyl sites for hydroxylation is 1. The molecule has 0 atom stereocenters. The molecule has 0 saturated carbocycles. The van der Waals surface area contributed by atoms with Crippen molar-refractivity contribution < 1.29 is 14.7 Å². The molecule has 6 nitrogen and oxygen atoms in total. The third kappa shape index (κ3) is 3.69. The lowest BCUT2D eigenvalue weighted by Crippen LogP contribution is -2.56. The van der Waals surface area contributed by atoms with Crippen LogP contribution in [0.2, 0.25) is 0 Å². The maximum atomic E-state index is 12.1. The van der Waals surface area contributed by atoms with Gasteiger partial charge in [0.15, 0.2) is 0 Å². The van der Waals surface area contributed by atoms with Gasteiger partial charge in [-0.1, -0.05) is 13.8 Å². The normalized spacial score (nSPS) is 11.2. The summed E-state index contributed by atoms with van der Waals surface area (Å²) in [5.41, 5.74) is -0.400. The topological polar surface area (TPSA) is 82.5 Å². The number of urea groups is 1. The molecule has 7 heteroatoms. The van der Waals surface area contributed by atoms with Gasteiger partial charge in [-0.25, -0.2) is 14.6 Å². The fraction of sp³-hybridized carbons (Fsp3) is 0.615. The second-order valence-electron chi connectivity index (χ2n) is 4.74. The third-order valence-corrected chi connectivity index (χ3v) is 4.20. The third-order valence-electron chi connectivity index (χ3n) is 3.38. The smallest absolute Gasteiger partial charge is 0.329 e. The van der Waals surface area contributed by atoms with Crippen LogP contribution in [-0.2, 0) is 11.3 Å². The maximum Gasteiger partial charge on any atom is 0.329 e. The van der Waals surface area contributed by atoms with E-state index < -0.39 is 17.5 Å². The van der Waals surface area contributed by atoms with Crippen LogP contribution in [0.4, 0.5) is 4.79 Å². The SMILES string of the molecule is CCC(CC)(NC(=O)N(C)Cc1csc(C)n1)C(=O)O. The highest BCUT2D eigenvalue weighted by molar-refractivity contribution is 7.09. The van der Waals surface area contributed by atoms with Gasteiger partial charge in [-0.2, -0.15) is 0 Å². The summed E-state index contributed by atoms with van der Waals surface area (Å²) < 4.78 is 0. The summed E-state index contributed by atoms with van der Waals surface area (Å²) >= 11 is 1.52. The van der Waals surface area contributed by atoms with Crippen molar-refractivity contribution in [2.45, 2.75) is 45.7 Å². The van der Waals surface area contributed by atoms with Gasteiger partial charge < -0.3 is 15.3 Å². The van der Waals surface area contributed by atoms with E-state index in [1.165, 1.54) is 16.2 Å². The zero-order chi connectivity index (χ0) is 15.3. The lowest BCUT2D eigenvalue weighted by Gasteiger charge is -2.30. The van der Waals surface area contributed by atoms with Gasteiger partial charge in [0, 0.05) is 12.4 Å². The fourth-order valence-electron chi connectivity index (χ4n) is 1.88. The molecule has 0 saturated heterocycles. The van der Waals surface area contributed by atoms with Crippen molar-refractivity contribution in [1.29, 1.82) is 0 Å². The quantitative estimate of drug-likeness (QED) is 0.844. The Bertz CT molecular complexity index is 483. The van der Waals surface area contributed by atoms with Crippen molar-refractivity contribution in [2.24, 2.45) is 0 Å². The molecule has 1 aromatic heterocycles. The summed E-state index contributed by atoms with van der Waals surface area (Å²) in [5.74, 6) is -1.01. The molecule has 0 spiro atoms. The zero-order valence-electron chi connectivity index (χ0n) is 12.3. The predicted octanol–water partition coefficient (Wildman–Crippen LogP) is 2.24. The van der Waals surface area contributed by atoms with E-state index in [1.807, 2.05) is 12.3 Å². The largest absolute Gasteiger partial charge is 0.480 e. The average Bonchev–Trinajstić information content (AvgIpc) is 2.80. The number of amides is 2. The molecule has 20 heavy (non-hydrogen) atoms. The van der Waals surface area contributed by atoms with Crippen LogP contribution in [0.15, 0.2) is 5.38 Å². The van der Waals surface area contributed by atoms with Crippen molar-refractivity contribution >= 4 is 23.3 Å². The van der Waals surface area contributed by atoms with Crippen LogP contribution < -0.4 is 5.32 Å². The lowest BCUT2D eigenvalue weighted by atomic mass is 9.93. The van der Waals surface area contributed by atoms with Crippen molar-refractivity contribution in [1.82, 2.24) is 15.2 Å². The number of nitrogens with zero attached hydrogens (tertiary/aromatic N) is 2. The molecule has 0 aromatic carbocycles. The summed E-state index contributed by atoms with van der Waals surface area (Å²) in [6.07, 6.45) is 0.683. The van der Waals surface area contributed by atoms with Crippen LogP contribution in [0.3, 0.4) is 0 Å². The van der Waals surface area contributed by atoms with Crippen molar-refractivity contribution in [2.75, 3.05) is 7.05 Å². The number of carbonyl (C=O) groups is 2. The monoisotopic (exact) mass is 299 g/mol. The Balaban J connectivity index is 2.71. The number of hydrogen-bond donors (Lipinski definition) is 2. The molecule has 0 unspecified atom stereocenters. The van der Waals surface area contributed by atoms with Crippen molar-refractivity contribution in [3.05, 3.63) is 16.1 Å². The Labute approximate surface area is 122 Å². The van der Waals surface area contributed by atoms with E-state index in [0.717, 1.165) is 10.7 Å². The fourth-order valence-corrected chi connectivity index (χ4v) is 2.48. The molecular formula is C13H21N3O3S. The van der Waals surface area contributed by atoms with Gasteiger partial charge in [-0.05, 0) is 19.8 Å². The molecule has 1 aromatic rings. The van der Waals surface area contributed by atoms with Gasteiger partial charge in [-0.15, -0.1) is 11.3 Å². The Morgan fingerprint density at radius 3 is 2.45 bits per heavy atom. The summed E-state index contributed by atoms with van der Waals surface area (Å²) in [6.45, 7) is 5.76. The Hall–Kier alpha value is -1.63. The van der Waals surface area contributed by atoms with E-state index in [2.05, 4.69) is 10.3 Å². The summed E-state index contributed by atoms with van der Waals surface area (Å²) in [4.78, 5) is 29.2. The highest BCUT2D eigenvalue weighted by Gasteiger charge is 2.37. The number of rotatable bonds is 6. The number of carboxylic acid groups (broad SMARTS) is 1. The molecule has 0 fully saturated rings.